The van der Waals surface area contributed by atoms with Gasteiger partial charge in [0.1, 0.15) is 6.10 Å². The third-order valence-electron chi connectivity index (χ3n) is 11.7. The molecule has 190 valence electrons. The van der Waals surface area contributed by atoms with Crippen LogP contribution in [0.15, 0.2) is 11.6 Å². The normalized spacial score (nSPS) is 56.2. The highest BCUT2D eigenvalue weighted by Crippen LogP contribution is 2.71. The molecule has 5 fully saturated rings. The minimum atomic E-state index is -0.460. The first-order valence-electron chi connectivity index (χ1n) is 13.9. The molecule has 5 heteroatoms. The quantitative estimate of drug-likeness (QED) is 0.417. The summed E-state index contributed by atoms with van der Waals surface area (Å²) < 4.78 is 19.6. The van der Waals surface area contributed by atoms with Gasteiger partial charge < -0.3 is 19.3 Å². The van der Waals surface area contributed by atoms with E-state index in [1.54, 1.807) is 6.92 Å². The number of ether oxygens (including phenoxy) is 3. The van der Waals surface area contributed by atoms with Crippen LogP contribution < -0.4 is 0 Å². The second kappa shape index (κ2) is 7.79. The van der Waals surface area contributed by atoms with Crippen molar-refractivity contribution in [2.75, 3.05) is 6.61 Å². The molecule has 2 saturated heterocycles. The fourth-order valence-electron chi connectivity index (χ4n) is 9.96. The molecule has 1 spiro atoms. The van der Waals surface area contributed by atoms with E-state index in [2.05, 4.69) is 33.8 Å². The van der Waals surface area contributed by atoms with E-state index < -0.39 is 5.79 Å². The van der Waals surface area contributed by atoms with Crippen LogP contribution in [0.25, 0.3) is 0 Å². The third-order valence-corrected chi connectivity index (χ3v) is 11.7. The molecule has 0 aromatic heterocycles. The van der Waals surface area contributed by atoms with Crippen LogP contribution in [0.3, 0.4) is 0 Å². The lowest BCUT2D eigenvalue weighted by atomic mass is 9.46. The molecule has 0 radical (unpaired) electrons. The number of carbonyl (C=O) groups excluding carboxylic acids is 1. The van der Waals surface area contributed by atoms with E-state index in [0.717, 1.165) is 58.0 Å². The van der Waals surface area contributed by atoms with Gasteiger partial charge in [-0.2, -0.15) is 0 Å². The molecule has 0 amide bonds. The van der Waals surface area contributed by atoms with E-state index in [0.29, 0.717) is 35.5 Å². The Balaban J connectivity index is 1.36. The standard InChI is InChI=1S/C29H44O5/c1-16-8-11-29(32-15-16)17(2)26-24(34-29)13-23-21-7-6-19-12-20(31)9-10-27(19,4)22(21)14-25(28(23,26)5)33-18(3)30/h6,16-17,20-26,31H,7-15H2,1-5H3/t16?,17-,20-,21?,22?,23?,24?,25-,26?,27-,28+,29?/m0/s1. The van der Waals surface area contributed by atoms with Crippen molar-refractivity contribution >= 4 is 5.97 Å². The van der Waals surface area contributed by atoms with Crippen LogP contribution in [0.1, 0.15) is 86.0 Å². The molecule has 5 nitrogen and oxygen atoms in total. The van der Waals surface area contributed by atoms with Gasteiger partial charge in [-0.1, -0.05) is 39.3 Å². The number of hydrogen-bond donors (Lipinski definition) is 1. The van der Waals surface area contributed by atoms with Crippen molar-refractivity contribution in [1.82, 2.24) is 0 Å². The molecule has 2 aliphatic heterocycles. The first kappa shape index (κ1) is 23.5. The van der Waals surface area contributed by atoms with Crippen molar-refractivity contribution in [2.45, 2.75) is 110 Å². The van der Waals surface area contributed by atoms with Gasteiger partial charge in [-0.25, -0.2) is 0 Å². The lowest BCUT2D eigenvalue weighted by Gasteiger charge is -2.60. The summed E-state index contributed by atoms with van der Waals surface area (Å²) in [5.74, 6) is 2.18. The molecule has 7 unspecified atom stereocenters. The molecule has 0 aromatic carbocycles. The van der Waals surface area contributed by atoms with Crippen LogP contribution in [0.2, 0.25) is 0 Å². The summed E-state index contributed by atoms with van der Waals surface area (Å²) in [4.78, 5) is 12.4. The van der Waals surface area contributed by atoms with E-state index in [1.165, 1.54) is 5.57 Å². The first-order chi connectivity index (χ1) is 16.1. The Morgan fingerprint density at radius 1 is 1.15 bits per heavy atom. The van der Waals surface area contributed by atoms with Crippen LogP contribution in [0.4, 0.5) is 0 Å². The van der Waals surface area contributed by atoms with Crippen LogP contribution in [-0.4, -0.2) is 41.8 Å². The molecule has 12 atom stereocenters. The van der Waals surface area contributed by atoms with E-state index >= 15 is 0 Å². The number of fused-ring (bicyclic) bond motifs is 7. The minimum absolute atomic E-state index is 0.0852. The fraction of sp³-hybridized carbons (Fsp3) is 0.897. The Morgan fingerprint density at radius 3 is 2.65 bits per heavy atom. The summed E-state index contributed by atoms with van der Waals surface area (Å²) in [5.41, 5.74) is 1.46. The maximum absolute atomic E-state index is 12.4. The van der Waals surface area contributed by atoms with E-state index in [1.807, 2.05) is 0 Å². The van der Waals surface area contributed by atoms with Crippen molar-refractivity contribution < 1.29 is 24.1 Å². The number of aliphatic hydroxyl groups excluding tert-OH is 1. The number of aliphatic hydroxyl groups is 1. The maximum Gasteiger partial charge on any atom is 0.302 e. The van der Waals surface area contributed by atoms with Crippen LogP contribution in [0.5, 0.6) is 0 Å². The molecule has 1 N–H and O–H groups in total. The lowest BCUT2D eigenvalue weighted by molar-refractivity contribution is -0.273. The van der Waals surface area contributed by atoms with Gasteiger partial charge in [-0.05, 0) is 74.0 Å². The monoisotopic (exact) mass is 472 g/mol. The zero-order valence-corrected chi connectivity index (χ0v) is 21.7. The smallest absolute Gasteiger partial charge is 0.302 e. The van der Waals surface area contributed by atoms with Crippen molar-refractivity contribution in [1.29, 1.82) is 0 Å². The summed E-state index contributed by atoms with van der Waals surface area (Å²) in [6.07, 6.45) is 10.3. The van der Waals surface area contributed by atoms with Crippen LogP contribution >= 0.6 is 0 Å². The van der Waals surface area contributed by atoms with Crippen molar-refractivity contribution in [3.63, 3.8) is 0 Å². The minimum Gasteiger partial charge on any atom is -0.462 e. The number of hydrogen-bond acceptors (Lipinski definition) is 5. The molecule has 6 rings (SSSR count). The van der Waals surface area contributed by atoms with Gasteiger partial charge in [0.2, 0.25) is 0 Å². The summed E-state index contributed by atoms with van der Waals surface area (Å²) in [7, 11) is 0. The average molecular weight is 473 g/mol. The summed E-state index contributed by atoms with van der Waals surface area (Å²) in [6, 6.07) is 0. The summed E-state index contributed by atoms with van der Waals surface area (Å²) in [6.45, 7) is 11.8. The third kappa shape index (κ3) is 3.11. The number of rotatable bonds is 1. The number of allylic oxidation sites excluding steroid dienone is 1. The number of esters is 1. The van der Waals surface area contributed by atoms with Crippen LogP contribution in [0, 0.1) is 46.3 Å². The summed E-state index contributed by atoms with van der Waals surface area (Å²) >= 11 is 0. The average Bonchev–Trinajstić information content (AvgIpc) is 3.23. The highest BCUT2D eigenvalue weighted by molar-refractivity contribution is 5.66. The molecule has 6 aliphatic rings. The SMILES string of the molecule is CC(=O)O[C@H]1CC2C(CC=C3C[C@@H](O)CC[C@@]32C)C2CC3OC4(CCC(C)CO4)[C@@H](C)C3[C@]21C. The lowest BCUT2D eigenvalue weighted by Crippen LogP contribution is -2.58. The molecular formula is C29H44O5. The second-order valence-electron chi connectivity index (χ2n) is 13.3. The predicted octanol–water partition coefficient (Wildman–Crippen LogP) is 5.26. The largest absolute Gasteiger partial charge is 0.462 e. The molecular weight excluding hydrogens is 428 g/mol. The van der Waals surface area contributed by atoms with Gasteiger partial charge in [0.05, 0.1) is 18.8 Å². The molecule has 2 heterocycles. The second-order valence-corrected chi connectivity index (χ2v) is 13.3. The Labute approximate surface area is 205 Å². The predicted molar refractivity (Wildman–Crippen MR) is 129 cm³/mol. The fourth-order valence-corrected chi connectivity index (χ4v) is 9.96. The summed E-state index contributed by atoms with van der Waals surface area (Å²) in [5, 5.41) is 10.4. The maximum atomic E-state index is 12.4. The molecule has 4 aliphatic carbocycles. The molecule has 34 heavy (non-hydrogen) atoms. The highest BCUT2D eigenvalue weighted by Gasteiger charge is 2.72. The molecule has 3 saturated carbocycles. The molecule has 0 aromatic rings. The zero-order valence-electron chi connectivity index (χ0n) is 21.7. The van der Waals surface area contributed by atoms with Gasteiger partial charge in [-0.3, -0.25) is 4.79 Å². The molecule has 0 bridgehead atoms. The highest BCUT2D eigenvalue weighted by atomic mass is 16.7. The van der Waals surface area contributed by atoms with Crippen molar-refractivity contribution in [3.8, 4) is 0 Å². The first-order valence-corrected chi connectivity index (χ1v) is 13.9. The van der Waals surface area contributed by atoms with Gasteiger partial charge in [0.15, 0.2) is 5.79 Å². The number of carbonyl (C=O) groups is 1. The van der Waals surface area contributed by atoms with Crippen molar-refractivity contribution in [3.05, 3.63) is 11.6 Å². The Bertz CT molecular complexity index is 874. The Kier molecular flexibility index (Phi) is 5.38. The van der Waals surface area contributed by atoms with Crippen LogP contribution in [-0.2, 0) is 19.0 Å². The van der Waals surface area contributed by atoms with Gasteiger partial charge in [-0.15, -0.1) is 0 Å². The van der Waals surface area contributed by atoms with E-state index in [4.69, 9.17) is 14.2 Å². The Hall–Kier alpha value is -0.910. The van der Waals surface area contributed by atoms with Crippen molar-refractivity contribution in [2.24, 2.45) is 46.3 Å². The topological polar surface area (TPSA) is 65.0 Å². The van der Waals surface area contributed by atoms with E-state index in [9.17, 15) is 9.90 Å². The zero-order chi connectivity index (χ0) is 24.0. The Morgan fingerprint density at radius 2 is 1.94 bits per heavy atom. The van der Waals surface area contributed by atoms with Gasteiger partial charge >= 0.3 is 5.97 Å². The van der Waals surface area contributed by atoms with E-state index in [-0.39, 0.29) is 35.1 Å². The van der Waals surface area contributed by atoms with Gasteiger partial charge in [0, 0.05) is 30.6 Å². The van der Waals surface area contributed by atoms with Gasteiger partial charge in [0.25, 0.3) is 0 Å².